The number of hydrogen-bond donors (Lipinski definition) is 2. The van der Waals surface area contributed by atoms with E-state index in [0.717, 1.165) is 73.5 Å². The minimum Gasteiger partial charge on any atom is -0.398 e. The molecule has 3 rings (SSSR count). The lowest BCUT2D eigenvalue weighted by Crippen LogP contribution is -2.35. The number of halogens is 2. The van der Waals surface area contributed by atoms with Crippen LogP contribution in [0.4, 0.5) is 0 Å². The monoisotopic (exact) mass is 571 g/mol. The van der Waals surface area contributed by atoms with Crippen LogP contribution in [-0.2, 0) is 0 Å². The van der Waals surface area contributed by atoms with Crippen LogP contribution in [0.5, 0.6) is 0 Å². The number of hydrogen-bond acceptors (Lipinski definition) is 4. The maximum atomic E-state index is 13.3. The molecule has 1 aliphatic rings. The van der Waals surface area contributed by atoms with Gasteiger partial charge in [-0.1, -0.05) is 56.5 Å². The van der Waals surface area contributed by atoms with Gasteiger partial charge in [0.25, 0.3) is 5.91 Å². The van der Waals surface area contributed by atoms with Crippen LogP contribution >= 0.6 is 23.2 Å². The van der Waals surface area contributed by atoms with Gasteiger partial charge in [-0.05, 0) is 101 Å². The Morgan fingerprint density at radius 2 is 1.97 bits per heavy atom. The molecule has 0 saturated heterocycles. The number of nitrogens with two attached hydrogens (primary N) is 1. The van der Waals surface area contributed by atoms with Gasteiger partial charge in [-0.15, -0.1) is 0 Å². The predicted octanol–water partition coefficient (Wildman–Crippen LogP) is 7.73. The number of aromatic nitrogens is 2. The molecule has 1 amide bonds. The van der Waals surface area contributed by atoms with Crippen LogP contribution < -0.4 is 11.1 Å². The molecule has 0 bridgehead atoms. The predicted molar refractivity (Wildman–Crippen MR) is 164 cm³/mol. The Hall–Kier alpha value is -2.54. The molecular formula is C31H43Cl2N5O. The second-order valence-electron chi connectivity index (χ2n) is 10.3. The number of carbonyl (C=O) groups is 1. The third-order valence-electron chi connectivity index (χ3n) is 7.43. The van der Waals surface area contributed by atoms with Crippen LogP contribution in [0.15, 0.2) is 59.1 Å². The lowest BCUT2D eigenvalue weighted by Gasteiger charge is -2.29. The van der Waals surface area contributed by atoms with Gasteiger partial charge < -0.3 is 16.0 Å². The van der Waals surface area contributed by atoms with Crippen molar-refractivity contribution in [2.24, 2.45) is 5.73 Å². The standard InChI is InChI=1S/C31H43Cl2N5O/c1-6-10-24(18-21(4)30(34)23-11-9-12-25(14-13-23)37(8-3)17-7-2)36-31(39)27-20-35-38(22(27)5)26-15-16-28(32)29(33)19-26/h11,15-16,18-20,25H,6-10,12-14,17,34H2,1-5H3,(H,36,39)/b24-18+,30-21-. The van der Waals surface area contributed by atoms with Gasteiger partial charge in [-0.25, -0.2) is 4.68 Å². The number of nitrogens with zero attached hydrogens (tertiary/aromatic N) is 3. The summed E-state index contributed by atoms with van der Waals surface area (Å²) in [6.07, 6.45) is 13.0. The fraction of sp³-hybridized carbons (Fsp3) is 0.484. The van der Waals surface area contributed by atoms with Gasteiger partial charge in [0, 0.05) is 17.4 Å². The molecule has 6 nitrogen and oxygen atoms in total. The molecule has 1 aliphatic carbocycles. The first-order valence-electron chi connectivity index (χ1n) is 14.1. The van der Waals surface area contributed by atoms with Crippen molar-refractivity contribution >= 4 is 29.1 Å². The maximum Gasteiger partial charge on any atom is 0.258 e. The Kier molecular flexibility index (Phi) is 11.7. The Bertz CT molecular complexity index is 1240. The summed E-state index contributed by atoms with van der Waals surface area (Å²) in [4.78, 5) is 15.9. The van der Waals surface area contributed by atoms with Crippen LogP contribution in [-0.4, -0.2) is 39.7 Å². The van der Waals surface area contributed by atoms with Gasteiger partial charge >= 0.3 is 0 Å². The number of benzene rings is 1. The van der Waals surface area contributed by atoms with E-state index < -0.39 is 0 Å². The minimum atomic E-state index is -0.197. The fourth-order valence-corrected chi connectivity index (χ4v) is 5.56. The van der Waals surface area contributed by atoms with Gasteiger partial charge in [0.2, 0.25) is 0 Å². The highest BCUT2D eigenvalue weighted by Crippen LogP contribution is 2.27. The minimum absolute atomic E-state index is 0.197. The van der Waals surface area contributed by atoms with Gasteiger partial charge in [0.1, 0.15) is 0 Å². The van der Waals surface area contributed by atoms with Crippen LogP contribution in [0, 0.1) is 6.92 Å². The normalized spacial score (nSPS) is 17.1. The summed E-state index contributed by atoms with van der Waals surface area (Å²) in [5, 5.41) is 8.44. The third kappa shape index (κ3) is 8.00. The number of allylic oxidation sites excluding steroid dienone is 5. The first-order valence-corrected chi connectivity index (χ1v) is 14.9. The Morgan fingerprint density at radius 3 is 2.64 bits per heavy atom. The smallest absolute Gasteiger partial charge is 0.258 e. The molecule has 1 aromatic heterocycles. The average Bonchev–Trinajstić information content (AvgIpc) is 3.13. The van der Waals surface area contributed by atoms with E-state index in [1.54, 1.807) is 23.0 Å². The molecule has 0 spiro atoms. The number of rotatable bonds is 11. The van der Waals surface area contributed by atoms with Crippen molar-refractivity contribution in [2.75, 3.05) is 13.1 Å². The zero-order valence-corrected chi connectivity index (χ0v) is 25.5. The lowest BCUT2D eigenvalue weighted by atomic mass is 10.0. The topological polar surface area (TPSA) is 76.2 Å². The molecule has 8 heteroatoms. The molecule has 2 aromatic rings. The largest absolute Gasteiger partial charge is 0.398 e. The SMILES string of the molecule is CCC/C(=C\C(C)=C(/N)C1=CCCC(N(CC)CCC)CC1)NC(=O)c1cnn(-c2ccc(Cl)c(Cl)c2)c1C. The number of amides is 1. The summed E-state index contributed by atoms with van der Waals surface area (Å²) in [6.45, 7) is 12.7. The summed E-state index contributed by atoms with van der Waals surface area (Å²) < 4.78 is 1.69. The van der Waals surface area contributed by atoms with E-state index in [-0.39, 0.29) is 5.91 Å². The molecule has 0 aliphatic heterocycles. The maximum absolute atomic E-state index is 13.3. The van der Waals surface area contributed by atoms with Crippen LogP contribution in [0.2, 0.25) is 10.0 Å². The highest BCUT2D eigenvalue weighted by molar-refractivity contribution is 6.42. The van der Waals surface area contributed by atoms with Crippen LogP contribution in [0.1, 0.15) is 88.7 Å². The molecule has 1 unspecified atom stereocenters. The summed E-state index contributed by atoms with van der Waals surface area (Å²) >= 11 is 12.2. The lowest BCUT2D eigenvalue weighted by molar-refractivity contribution is 0.0964. The van der Waals surface area contributed by atoms with E-state index in [2.05, 4.69) is 42.2 Å². The van der Waals surface area contributed by atoms with Crippen molar-refractivity contribution in [1.29, 1.82) is 0 Å². The summed E-state index contributed by atoms with van der Waals surface area (Å²) in [5.41, 5.74) is 12.5. The highest BCUT2D eigenvalue weighted by Gasteiger charge is 2.20. The molecule has 0 fully saturated rings. The quantitative estimate of drug-likeness (QED) is 0.270. The first kappa shape index (κ1) is 31.0. The third-order valence-corrected chi connectivity index (χ3v) is 8.17. The van der Waals surface area contributed by atoms with Crippen molar-refractivity contribution in [1.82, 2.24) is 20.0 Å². The summed E-state index contributed by atoms with van der Waals surface area (Å²) in [6, 6.07) is 5.88. The first-order chi connectivity index (χ1) is 18.7. The second-order valence-corrected chi connectivity index (χ2v) is 11.1. The molecule has 0 saturated carbocycles. The summed E-state index contributed by atoms with van der Waals surface area (Å²) in [7, 11) is 0. The Labute approximate surface area is 243 Å². The van der Waals surface area contributed by atoms with E-state index in [9.17, 15) is 4.79 Å². The zero-order chi connectivity index (χ0) is 28.5. The van der Waals surface area contributed by atoms with E-state index >= 15 is 0 Å². The Balaban J connectivity index is 1.76. The second kappa shape index (κ2) is 14.7. The van der Waals surface area contributed by atoms with Gasteiger partial charge in [0.05, 0.1) is 33.2 Å². The van der Waals surface area contributed by atoms with E-state index in [4.69, 9.17) is 28.9 Å². The van der Waals surface area contributed by atoms with E-state index in [0.29, 0.717) is 21.7 Å². The molecule has 39 heavy (non-hydrogen) atoms. The molecule has 3 N–H and O–H groups in total. The van der Waals surface area contributed by atoms with Crippen molar-refractivity contribution in [3.05, 3.63) is 80.4 Å². The molecule has 1 atom stereocenters. The number of carbonyl (C=O) groups excluding carboxylic acids is 1. The highest BCUT2D eigenvalue weighted by atomic mass is 35.5. The van der Waals surface area contributed by atoms with Crippen molar-refractivity contribution in [3.8, 4) is 5.69 Å². The zero-order valence-electron chi connectivity index (χ0n) is 24.0. The molecule has 1 heterocycles. The average molecular weight is 573 g/mol. The molecule has 0 radical (unpaired) electrons. The van der Waals surface area contributed by atoms with Crippen LogP contribution in [0.25, 0.3) is 5.69 Å². The fourth-order valence-electron chi connectivity index (χ4n) is 5.27. The Morgan fingerprint density at radius 1 is 1.21 bits per heavy atom. The van der Waals surface area contributed by atoms with Crippen molar-refractivity contribution < 1.29 is 4.79 Å². The van der Waals surface area contributed by atoms with Crippen molar-refractivity contribution in [2.45, 2.75) is 85.6 Å². The van der Waals surface area contributed by atoms with Gasteiger partial charge in [-0.2, -0.15) is 5.10 Å². The van der Waals surface area contributed by atoms with Crippen molar-refractivity contribution in [3.63, 3.8) is 0 Å². The molecule has 212 valence electrons. The van der Waals surface area contributed by atoms with Gasteiger partial charge in [0.15, 0.2) is 0 Å². The summed E-state index contributed by atoms with van der Waals surface area (Å²) in [5.74, 6) is -0.197. The van der Waals surface area contributed by atoms with E-state index in [1.807, 2.05) is 26.0 Å². The van der Waals surface area contributed by atoms with E-state index in [1.165, 1.54) is 18.4 Å². The number of nitrogens with one attached hydrogen (secondary N) is 1. The van der Waals surface area contributed by atoms with Gasteiger partial charge in [-0.3, -0.25) is 4.79 Å². The molecular weight excluding hydrogens is 529 g/mol. The molecule has 1 aromatic carbocycles. The van der Waals surface area contributed by atoms with Crippen LogP contribution in [0.3, 0.4) is 0 Å².